The summed E-state index contributed by atoms with van der Waals surface area (Å²) in [4.78, 5) is 39.4. The minimum Gasteiger partial charge on any atom is -0.508 e. The number of carbonyl (C=O) groups is 3. The lowest BCUT2D eigenvalue weighted by Crippen LogP contribution is -2.46. The summed E-state index contributed by atoms with van der Waals surface area (Å²) in [6.45, 7) is 6.68. The van der Waals surface area contributed by atoms with Crippen LogP contribution in [0, 0.1) is 23.7 Å². The number of phenols is 1. The van der Waals surface area contributed by atoms with Crippen LogP contribution in [0.25, 0.3) is 6.08 Å². The van der Waals surface area contributed by atoms with E-state index in [1.807, 2.05) is 12.1 Å². The van der Waals surface area contributed by atoms with E-state index in [2.05, 4.69) is 26.8 Å². The molecule has 1 aromatic carbocycles. The summed E-state index contributed by atoms with van der Waals surface area (Å²) in [7, 11) is -1.00. The second-order valence-electron chi connectivity index (χ2n) is 12.1. The maximum Gasteiger partial charge on any atom is 0.455 e. The predicted octanol–water partition coefficient (Wildman–Crippen LogP) is 5.45. The normalized spacial score (nSPS) is 24.8. The number of benzene rings is 1. The highest BCUT2D eigenvalue weighted by Gasteiger charge is 2.57. The van der Waals surface area contributed by atoms with Gasteiger partial charge >= 0.3 is 13.1 Å². The average Bonchev–Trinajstić information content (AvgIpc) is 3.15. The largest absolute Gasteiger partial charge is 0.508 e. The molecule has 0 radical (unpaired) electrons. The van der Waals surface area contributed by atoms with Crippen molar-refractivity contribution in [2.75, 3.05) is 6.54 Å². The Labute approximate surface area is 243 Å². The molecule has 1 aliphatic carbocycles. The number of aliphatic carboxylic acids is 1. The third-order valence-electron chi connectivity index (χ3n) is 8.84. The number of fused-ring (bicyclic) bond motifs is 3. The number of aromatic hydroxyl groups is 1. The quantitative estimate of drug-likeness (QED) is 0.126. The van der Waals surface area contributed by atoms with Crippen molar-refractivity contribution >= 4 is 31.0 Å². The Kier molecular flexibility index (Phi) is 10.5. The molecule has 1 aromatic rings. The number of hydrogen-bond acceptors (Lipinski definition) is 6. The van der Waals surface area contributed by atoms with Gasteiger partial charge in [-0.1, -0.05) is 63.0 Å². The van der Waals surface area contributed by atoms with Crippen LogP contribution >= 0.6 is 0 Å². The number of unbranched alkanes of at least 4 members (excludes halogenated alkanes) is 2. The van der Waals surface area contributed by atoms with E-state index in [1.165, 1.54) is 16.0 Å². The number of rotatable bonds is 13. The van der Waals surface area contributed by atoms with Crippen molar-refractivity contribution < 1.29 is 34.3 Å². The van der Waals surface area contributed by atoms with E-state index in [4.69, 9.17) is 9.76 Å². The first-order valence-corrected chi connectivity index (χ1v) is 15.2. The molecule has 0 unspecified atom stereocenters. The summed E-state index contributed by atoms with van der Waals surface area (Å²) in [6.07, 6.45) is 7.76. The molecule has 3 aliphatic rings. The summed E-state index contributed by atoms with van der Waals surface area (Å²) < 4.78 is 6.16. The molecule has 0 saturated carbocycles. The van der Waals surface area contributed by atoms with Gasteiger partial charge in [-0.2, -0.15) is 0 Å². The van der Waals surface area contributed by atoms with E-state index in [9.17, 15) is 24.5 Å². The van der Waals surface area contributed by atoms with Gasteiger partial charge in [0.2, 0.25) is 11.8 Å². The zero-order chi connectivity index (χ0) is 29.7. The van der Waals surface area contributed by atoms with Crippen LogP contribution in [-0.2, 0) is 19.0 Å². The molecule has 4 rings (SSSR count). The van der Waals surface area contributed by atoms with Gasteiger partial charge in [0.1, 0.15) is 5.75 Å². The summed E-state index contributed by atoms with van der Waals surface area (Å²) in [6, 6.07) is 7.19. The van der Waals surface area contributed by atoms with Gasteiger partial charge in [0, 0.05) is 13.0 Å². The molecule has 0 aromatic heterocycles. The predicted molar refractivity (Wildman–Crippen MR) is 158 cm³/mol. The van der Waals surface area contributed by atoms with Crippen LogP contribution in [0.4, 0.5) is 0 Å². The molecule has 222 valence electrons. The van der Waals surface area contributed by atoms with Crippen LogP contribution in [0.5, 0.6) is 5.75 Å². The number of likely N-dealkylation sites (tertiary alicyclic amines) is 1. The number of amides is 2. The number of hydrogen-bond donors (Lipinski definition) is 3. The average molecular weight is 566 g/mol. The summed E-state index contributed by atoms with van der Waals surface area (Å²) in [5, 5.41) is 29.6. The third-order valence-corrected chi connectivity index (χ3v) is 8.84. The topological polar surface area (TPSA) is 124 Å². The molecule has 2 amide bonds. The third kappa shape index (κ3) is 7.30. The number of carbonyl (C=O) groups excluding carboxylic acids is 2. The Bertz CT molecular complexity index is 1190. The number of nitrogens with zero attached hydrogens (tertiary/aromatic N) is 1. The number of carboxylic acids is 1. The Morgan fingerprint density at radius 3 is 2.59 bits per heavy atom. The Morgan fingerprint density at radius 2 is 1.90 bits per heavy atom. The first-order valence-electron chi connectivity index (χ1n) is 15.2. The van der Waals surface area contributed by atoms with Crippen molar-refractivity contribution in [1.82, 2.24) is 4.90 Å². The molecule has 41 heavy (non-hydrogen) atoms. The van der Waals surface area contributed by atoms with Crippen molar-refractivity contribution in [3.8, 4) is 5.75 Å². The van der Waals surface area contributed by atoms with Crippen LogP contribution in [0.1, 0.15) is 84.1 Å². The minimum absolute atomic E-state index is 0.0858. The molecule has 3 N–H and O–H groups in total. The van der Waals surface area contributed by atoms with E-state index in [-0.39, 0.29) is 41.9 Å². The van der Waals surface area contributed by atoms with Gasteiger partial charge in [0.05, 0.1) is 17.9 Å². The van der Waals surface area contributed by atoms with E-state index in [1.54, 1.807) is 12.1 Å². The van der Waals surface area contributed by atoms with Crippen molar-refractivity contribution in [3.05, 3.63) is 46.5 Å². The zero-order valence-corrected chi connectivity index (χ0v) is 24.6. The first-order chi connectivity index (χ1) is 19.6. The Balaban J connectivity index is 1.54. The lowest BCUT2D eigenvalue weighted by Gasteiger charge is -2.44. The van der Waals surface area contributed by atoms with E-state index >= 15 is 0 Å². The monoisotopic (exact) mass is 565 g/mol. The van der Waals surface area contributed by atoms with Crippen LogP contribution in [0.2, 0.25) is 6.32 Å². The second-order valence-corrected chi connectivity index (χ2v) is 12.1. The highest BCUT2D eigenvalue weighted by Crippen LogP contribution is 2.52. The molecular formula is C32H44BNO7. The number of allylic oxidation sites excluding steroid dienone is 2. The van der Waals surface area contributed by atoms with Gasteiger partial charge in [-0.25, -0.2) is 0 Å². The molecule has 2 fully saturated rings. The highest BCUT2D eigenvalue weighted by molar-refractivity contribution is 6.43. The van der Waals surface area contributed by atoms with Gasteiger partial charge in [-0.05, 0) is 80.0 Å². The van der Waals surface area contributed by atoms with E-state index < -0.39 is 24.9 Å². The van der Waals surface area contributed by atoms with Gasteiger partial charge in [-0.3, -0.25) is 19.3 Å². The summed E-state index contributed by atoms with van der Waals surface area (Å²) >= 11 is 0. The molecule has 2 saturated heterocycles. The Hall–Kier alpha value is -2.91. The second kappa shape index (κ2) is 13.8. The number of imide groups is 1. The zero-order valence-electron chi connectivity index (χ0n) is 24.6. The van der Waals surface area contributed by atoms with Crippen molar-refractivity contribution in [2.45, 2.75) is 91.0 Å². The van der Waals surface area contributed by atoms with Gasteiger partial charge < -0.3 is 19.9 Å². The Morgan fingerprint density at radius 1 is 1.12 bits per heavy atom. The standard InChI is InChI=1S/C32H44BNO7/c1-4-9-21(16-22-10-8-11-23(35)17-22)13-14-27-29-24(20(2)3)18-25-30(26(29)19-33(40)41-27)32(39)34(31(25)38)15-7-5-6-12-28(36)37/h8,10-11,16-17,20,25-27,30,35,40H,4-7,9,12-15,18-19H2,1-3H3,(H,36,37)/b21-16+/t25-,26+,27-,30-/m1/s1. The molecule has 2 heterocycles. The smallest absolute Gasteiger partial charge is 0.455 e. The molecule has 4 atom stereocenters. The highest BCUT2D eigenvalue weighted by atomic mass is 16.5. The van der Waals surface area contributed by atoms with E-state index in [0.717, 1.165) is 30.4 Å². The fourth-order valence-electron chi connectivity index (χ4n) is 7.02. The van der Waals surface area contributed by atoms with E-state index in [0.29, 0.717) is 45.0 Å². The minimum atomic E-state index is -1.00. The van der Waals surface area contributed by atoms with Crippen LogP contribution in [-0.4, -0.2) is 57.7 Å². The maximum atomic E-state index is 13.7. The SMILES string of the molecule is CCC/C(=C\c1cccc(O)c1)CC[C@H]1OB(O)C[C@H]2C1=C(C(C)C)C[C@H]1C(=O)N(CCCCCC(=O)O)C(=O)[C@H]12. The number of carboxylic acid groups (broad SMARTS) is 1. The number of phenolic OH excluding ortho intramolecular Hbond substituents is 1. The van der Waals surface area contributed by atoms with Gasteiger partial charge in [0.15, 0.2) is 0 Å². The fraction of sp³-hybridized carbons (Fsp3) is 0.594. The maximum absolute atomic E-state index is 13.7. The van der Waals surface area contributed by atoms with Crippen molar-refractivity contribution in [1.29, 1.82) is 0 Å². The van der Waals surface area contributed by atoms with Crippen molar-refractivity contribution in [2.24, 2.45) is 23.7 Å². The molecule has 2 aliphatic heterocycles. The lowest BCUT2D eigenvalue weighted by molar-refractivity contribution is -0.141. The molecule has 9 heteroatoms. The van der Waals surface area contributed by atoms with Gasteiger partial charge in [0.25, 0.3) is 0 Å². The molecule has 0 bridgehead atoms. The fourth-order valence-corrected chi connectivity index (χ4v) is 7.02. The van der Waals surface area contributed by atoms with Crippen LogP contribution in [0.3, 0.4) is 0 Å². The lowest BCUT2D eigenvalue weighted by atomic mass is 9.57. The molecular weight excluding hydrogens is 521 g/mol. The summed E-state index contributed by atoms with van der Waals surface area (Å²) in [5.74, 6) is -1.87. The van der Waals surface area contributed by atoms with Crippen LogP contribution in [0.15, 0.2) is 41.0 Å². The first kappa shape index (κ1) is 31.0. The summed E-state index contributed by atoms with van der Waals surface area (Å²) in [5.41, 5.74) is 4.45. The molecule has 8 nitrogen and oxygen atoms in total. The van der Waals surface area contributed by atoms with Crippen LogP contribution < -0.4 is 0 Å². The van der Waals surface area contributed by atoms with Gasteiger partial charge in [-0.15, -0.1) is 0 Å². The van der Waals surface area contributed by atoms with Crippen molar-refractivity contribution in [3.63, 3.8) is 0 Å². The molecule has 0 spiro atoms.